The number of amides is 3. The molecule has 2 saturated heterocycles. The van der Waals surface area contributed by atoms with E-state index >= 15 is 0 Å². The minimum absolute atomic E-state index is 0.0492. The van der Waals surface area contributed by atoms with Crippen LogP contribution in [0.1, 0.15) is 85.6 Å². The Morgan fingerprint density at radius 1 is 0.930 bits per heavy atom. The van der Waals surface area contributed by atoms with Crippen molar-refractivity contribution < 1.29 is 33.4 Å². The molecule has 2 fully saturated rings. The van der Waals surface area contributed by atoms with Gasteiger partial charge in [-0.25, -0.2) is 14.4 Å². The van der Waals surface area contributed by atoms with Crippen molar-refractivity contribution >= 4 is 35.1 Å². The van der Waals surface area contributed by atoms with E-state index in [2.05, 4.69) is 5.32 Å². The van der Waals surface area contributed by atoms with E-state index in [0.717, 1.165) is 29.3 Å². The fraction of sp³-hybridized carbons (Fsp3) is 0.625. The van der Waals surface area contributed by atoms with Crippen LogP contribution in [-0.2, 0) is 19.0 Å². The first-order valence-corrected chi connectivity index (χ1v) is 15.2. The molecule has 1 aromatic heterocycles. The lowest BCUT2D eigenvalue weighted by atomic mass is 9.89. The van der Waals surface area contributed by atoms with Crippen LogP contribution < -0.4 is 5.32 Å². The summed E-state index contributed by atoms with van der Waals surface area (Å²) in [6.45, 7) is 14.4. The molecule has 2 atom stereocenters. The van der Waals surface area contributed by atoms with Gasteiger partial charge < -0.3 is 29.3 Å². The van der Waals surface area contributed by atoms with Gasteiger partial charge in [-0.05, 0) is 78.9 Å². The highest BCUT2D eigenvalue weighted by atomic mass is 16.6. The maximum absolute atomic E-state index is 13.5. The fourth-order valence-corrected chi connectivity index (χ4v) is 5.80. The summed E-state index contributed by atoms with van der Waals surface area (Å²) in [6, 6.07) is 7.37. The Morgan fingerprint density at radius 2 is 1.56 bits per heavy atom. The third-order valence-electron chi connectivity index (χ3n) is 7.63. The van der Waals surface area contributed by atoms with E-state index in [0.29, 0.717) is 26.1 Å². The number of benzene rings is 1. The van der Waals surface area contributed by atoms with Gasteiger partial charge in [-0.2, -0.15) is 0 Å². The molecular weight excluding hydrogens is 552 g/mol. The van der Waals surface area contributed by atoms with Gasteiger partial charge in [0.15, 0.2) is 0 Å². The van der Waals surface area contributed by atoms with Crippen molar-refractivity contribution in [3.05, 3.63) is 36.0 Å². The molecule has 0 bridgehead atoms. The molecule has 1 N–H and O–H groups in total. The van der Waals surface area contributed by atoms with Crippen LogP contribution in [0.4, 0.5) is 14.4 Å². The van der Waals surface area contributed by atoms with Gasteiger partial charge in [0.25, 0.3) is 0 Å². The number of rotatable bonds is 5. The molecule has 0 unspecified atom stereocenters. The number of piperidine rings is 1. The van der Waals surface area contributed by atoms with E-state index in [4.69, 9.17) is 14.2 Å². The molecule has 43 heavy (non-hydrogen) atoms. The van der Waals surface area contributed by atoms with Crippen molar-refractivity contribution in [2.24, 2.45) is 0 Å². The smallest absolute Gasteiger partial charge is 0.419 e. The van der Waals surface area contributed by atoms with Crippen molar-refractivity contribution in [1.29, 1.82) is 0 Å². The Balaban J connectivity index is 1.42. The third-order valence-corrected chi connectivity index (χ3v) is 7.63. The Morgan fingerprint density at radius 3 is 2.19 bits per heavy atom. The summed E-state index contributed by atoms with van der Waals surface area (Å²) in [5, 5.41) is 3.62. The van der Waals surface area contributed by atoms with Gasteiger partial charge in [-0.1, -0.05) is 18.2 Å². The van der Waals surface area contributed by atoms with Gasteiger partial charge in [0.2, 0.25) is 5.91 Å². The number of hydrogen-bond acceptors (Lipinski definition) is 7. The first kappa shape index (κ1) is 32.2. The molecule has 0 saturated carbocycles. The van der Waals surface area contributed by atoms with E-state index in [1.165, 1.54) is 4.90 Å². The van der Waals surface area contributed by atoms with Gasteiger partial charge in [0.05, 0.1) is 12.1 Å². The molecule has 0 spiro atoms. The zero-order valence-corrected chi connectivity index (χ0v) is 26.5. The predicted molar refractivity (Wildman–Crippen MR) is 162 cm³/mol. The lowest BCUT2D eigenvalue weighted by molar-refractivity contribution is -0.133. The largest absolute Gasteiger partial charge is 0.444 e. The monoisotopic (exact) mass is 598 g/mol. The molecule has 3 heterocycles. The van der Waals surface area contributed by atoms with Crippen LogP contribution in [0.3, 0.4) is 0 Å². The highest BCUT2D eigenvalue weighted by molar-refractivity contribution is 5.92. The summed E-state index contributed by atoms with van der Waals surface area (Å²) < 4.78 is 18.3. The summed E-state index contributed by atoms with van der Waals surface area (Å²) in [4.78, 5) is 54.9. The van der Waals surface area contributed by atoms with Crippen LogP contribution in [0.5, 0.6) is 0 Å². The summed E-state index contributed by atoms with van der Waals surface area (Å²) in [7, 11) is 0. The number of nitrogens with zero attached hydrogens (tertiary/aromatic N) is 3. The second-order valence-corrected chi connectivity index (χ2v) is 13.4. The molecular formula is C32H46N4O7. The van der Waals surface area contributed by atoms with Crippen LogP contribution in [0.2, 0.25) is 0 Å². The topological polar surface area (TPSA) is 119 Å². The maximum Gasteiger partial charge on any atom is 0.419 e. The van der Waals surface area contributed by atoms with Gasteiger partial charge in [-0.15, -0.1) is 0 Å². The fourth-order valence-electron chi connectivity index (χ4n) is 5.80. The average Bonchev–Trinajstić information content (AvgIpc) is 3.48. The summed E-state index contributed by atoms with van der Waals surface area (Å²) in [6.07, 6.45) is 1.86. The number of para-hydroxylation sites is 1. The van der Waals surface area contributed by atoms with Crippen molar-refractivity contribution in [3.63, 3.8) is 0 Å². The zero-order chi connectivity index (χ0) is 31.5. The SMILES string of the molecule is CCNC(=O)O[C@@H]1C[C@@H](CC(=O)N2CCC(c3cn(C(=O)OC(C)(C)C)c4ccccc34)CC2)N(C(=O)OC(C)(C)C)C1. The van der Waals surface area contributed by atoms with Gasteiger partial charge in [0.1, 0.15) is 17.3 Å². The van der Waals surface area contributed by atoms with Crippen LogP contribution in [-0.4, -0.2) is 88.1 Å². The molecule has 11 heteroatoms. The summed E-state index contributed by atoms with van der Waals surface area (Å²) in [5.74, 6) is 0.129. The minimum Gasteiger partial charge on any atom is -0.444 e. The molecule has 2 aromatic rings. The maximum atomic E-state index is 13.5. The lowest BCUT2D eigenvalue weighted by Gasteiger charge is -2.34. The summed E-state index contributed by atoms with van der Waals surface area (Å²) >= 11 is 0. The van der Waals surface area contributed by atoms with Crippen LogP contribution in [0.15, 0.2) is 30.5 Å². The molecule has 2 aliphatic rings. The Kier molecular flexibility index (Phi) is 9.61. The van der Waals surface area contributed by atoms with E-state index < -0.39 is 41.6 Å². The minimum atomic E-state index is -0.696. The lowest BCUT2D eigenvalue weighted by Crippen LogP contribution is -2.44. The van der Waals surface area contributed by atoms with Crippen molar-refractivity contribution in [2.45, 2.75) is 103 Å². The Labute approximate surface area is 253 Å². The number of nitrogens with one attached hydrogen (secondary N) is 1. The molecule has 4 rings (SSSR count). The molecule has 2 aliphatic heterocycles. The summed E-state index contributed by atoms with van der Waals surface area (Å²) in [5.41, 5.74) is 0.572. The quantitative estimate of drug-likeness (QED) is 0.442. The van der Waals surface area contributed by atoms with Crippen molar-refractivity contribution in [2.75, 3.05) is 26.2 Å². The van der Waals surface area contributed by atoms with Gasteiger partial charge >= 0.3 is 18.3 Å². The van der Waals surface area contributed by atoms with Crippen LogP contribution in [0, 0.1) is 0 Å². The highest BCUT2D eigenvalue weighted by Gasteiger charge is 2.41. The number of fused-ring (bicyclic) bond motifs is 1. The predicted octanol–water partition coefficient (Wildman–Crippen LogP) is 5.64. The molecule has 0 radical (unpaired) electrons. The van der Waals surface area contributed by atoms with Crippen molar-refractivity contribution in [1.82, 2.24) is 19.7 Å². The Bertz CT molecular complexity index is 1330. The normalized spacial score (nSPS) is 19.8. The molecule has 11 nitrogen and oxygen atoms in total. The van der Waals surface area contributed by atoms with E-state index in [1.54, 1.807) is 32.3 Å². The van der Waals surface area contributed by atoms with Gasteiger partial charge in [-0.3, -0.25) is 9.36 Å². The number of carbonyl (C=O) groups excluding carboxylic acids is 4. The standard InChI is InChI=1S/C32H46N4O7/c1-8-33-28(38)41-23-17-22(35(19-23)29(39)42-31(2,3)4)18-27(37)34-15-13-21(14-16-34)25-20-36(30(40)43-32(5,6)7)26-12-10-9-11-24(25)26/h9-12,20-23H,8,13-19H2,1-7H3,(H,33,38)/t22-,23+/m0/s1. The highest BCUT2D eigenvalue weighted by Crippen LogP contribution is 2.35. The Hall–Kier alpha value is -3.76. The molecule has 236 valence electrons. The molecule has 0 aliphatic carbocycles. The third kappa shape index (κ3) is 8.20. The van der Waals surface area contributed by atoms with E-state index in [9.17, 15) is 19.2 Å². The number of alkyl carbamates (subject to hydrolysis) is 1. The number of carbonyl (C=O) groups is 4. The zero-order valence-electron chi connectivity index (χ0n) is 26.5. The van der Waals surface area contributed by atoms with Crippen molar-refractivity contribution in [3.8, 4) is 0 Å². The van der Waals surface area contributed by atoms with Gasteiger partial charge in [0, 0.05) is 50.1 Å². The number of ether oxygens (including phenoxy) is 3. The van der Waals surface area contributed by atoms with E-state index in [-0.39, 0.29) is 24.8 Å². The van der Waals surface area contributed by atoms with E-state index in [1.807, 2.05) is 56.1 Å². The number of likely N-dealkylation sites (tertiary alicyclic amines) is 2. The van der Waals surface area contributed by atoms with Crippen LogP contribution >= 0.6 is 0 Å². The van der Waals surface area contributed by atoms with Crippen LogP contribution in [0.25, 0.3) is 10.9 Å². The second-order valence-electron chi connectivity index (χ2n) is 13.4. The molecule has 1 aromatic carbocycles. The number of hydrogen-bond donors (Lipinski definition) is 1. The first-order chi connectivity index (χ1) is 20.1. The second kappa shape index (κ2) is 12.9. The molecule has 3 amide bonds. The first-order valence-electron chi connectivity index (χ1n) is 15.2. The average molecular weight is 599 g/mol. The number of aromatic nitrogens is 1.